The van der Waals surface area contributed by atoms with Gasteiger partial charge in [0.25, 0.3) is 0 Å². The number of hydrogen-bond acceptors (Lipinski definition) is 3. The number of nitrogens with one attached hydrogen (secondary N) is 2. The van der Waals surface area contributed by atoms with Crippen molar-refractivity contribution < 1.29 is 4.79 Å². The van der Waals surface area contributed by atoms with Crippen LogP contribution in [-0.2, 0) is 4.79 Å². The molecule has 1 atom stereocenters. The lowest BCUT2D eigenvalue weighted by molar-refractivity contribution is -0.126. The van der Waals surface area contributed by atoms with Crippen LogP contribution in [0.5, 0.6) is 0 Å². The molecular formula is C18H27N3O. The van der Waals surface area contributed by atoms with E-state index in [0.717, 1.165) is 39.0 Å². The molecule has 0 radical (unpaired) electrons. The molecule has 0 aromatic heterocycles. The summed E-state index contributed by atoms with van der Waals surface area (Å²) in [5.74, 6) is 0.381. The molecule has 22 heavy (non-hydrogen) atoms. The second kappa shape index (κ2) is 7.14. The number of hydrogen-bond donors (Lipinski definition) is 2. The molecule has 1 unspecified atom stereocenters. The van der Waals surface area contributed by atoms with E-state index in [1.54, 1.807) is 0 Å². The van der Waals surface area contributed by atoms with Crippen molar-refractivity contribution in [2.75, 3.05) is 31.1 Å². The van der Waals surface area contributed by atoms with E-state index in [0.29, 0.717) is 0 Å². The highest BCUT2D eigenvalue weighted by Crippen LogP contribution is 2.24. The fourth-order valence-corrected chi connectivity index (χ4v) is 3.46. The maximum Gasteiger partial charge on any atom is 0.223 e. The Morgan fingerprint density at radius 1 is 1.27 bits per heavy atom. The van der Waals surface area contributed by atoms with Crippen molar-refractivity contribution in [1.82, 2.24) is 10.6 Å². The minimum atomic E-state index is 0.0740. The molecule has 1 aromatic rings. The summed E-state index contributed by atoms with van der Waals surface area (Å²) in [4.78, 5) is 14.8. The van der Waals surface area contributed by atoms with Crippen LogP contribution in [0.3, 0.4) is 0 Å². The number of benzene rings is 1. The van der Waals surface area contributed by atoms with Gasteiger partial charge in [-0.2, -0.15) is 0 Å². The molecule has 2 N–H and O–H groups in total. The molecule has 1 amide bonds. The van der Waals surface area contributed by atoms with Gasteiger partial charge < -0.3 is 15.5 Å². The molecule has 0 saturated carbocycles. The van der Waals surface area contributed by atoms with E-state index < -0.39 is 0 Å². The van der Waals surface area contributed by atoms with E-state index in [1.807, 2.05) is 0 Å². The standard InChI is InChI=1S/C18H27N3O/c1-14(20-18(22)15-7-9-19-10-8-15)16-5-4-6-17(13-16)21-11-2-3-12-21/h4-6,13-15,19H,2-3,7-12H2,1H3,(H,20,22). The smallest absolute Gasteiger partial charge is 0.223 e. The van der Waals surface area contributed by atoms with Gasteiger partial charge in [-0.1, -0.05) is 12.1 Å². The van der Waals surface area contributed by atoms with Gasteiger partial charge in [-0.05, 0) is 63.4 Å². The summed E-state index contributed by atoms with van der Waals surface area (Å²) in [5.41, 5.74) is 2.49. The summed E-state index contributed by atoms with van der Waals surface area (Å²) in [7, 11) is 0. The predicted octanol–water partition coefficient (Wildman–Crippen LogP) is 2.46. The quantitative estimate of drug-likeness (QED) is 0.898. The number of amides is 1. The second-order valence-electron chi connectivity index (χ2n) is 6.54. The van der Waals surface area contributed by atoms with Gasteiger partial charge in [0.2, 0.25) is 5.91 Å². The Labute approximate surface area is 133 Å². The van der Waals surface area contributed by atoms with Gasteiger partial charge >= 0.3 is 0 Å². The van der Waals surface area contributed by atoms with Crippen LogP contribution in [0.15, 0.2) is 24.3 Å². The maximum atomic E-state index is 12.4. The minimum Gasteiger partial charge on any atom is -0.372 e. The fourth-order valence-electron chi connectivity index (χ4n) is 3.46. The van der Waals surface area contributed by atoms with Crippen LogP contribution in [-0.4, -0.2) is 32.1 Å². The van der Waals surface area contributed by atoms with E-state index in [1.165, 1.54) is 24.1 Å². The lowest BCUT2D eigenvalue weighted by Gasteiger charge is -2.25. The van der Waals surface area contributed by atoms with Crippen LogP contribution >= 0.6 is 0 Å². The van der Waals surface area contributed by atoms with Crippen LogP contribution in [0.1, 0.15) is 44.2 Å². The predicted molar refractivity (Wildman–Crippen MR) is 90.0 cm³/mol. The topological polar surface area (TPSA) is 44.4 Å². The number of nitrogens with zero attached hydrogens (tertiary/aromatic N) is 1. The number of carbonyl (C=O) groups excluding carboxylic acids is 1. The first kappa shape index (κ1) is 15.3. The first-order chi connectivity index (χ1) is 10.7. The molecule has 120 valence electrons. The van der Waals surface area contributed by atoms with Crippen LogP contribution in [0.25, 0.3) is 0 Å². The minimum absolute atomic E-state index is 0.0740. The van der Waals surface area contributed by atoms with E-state index in [2.05, 4.69) is 46.7 Å². The Kier molecular flexibility index (Phi) is 4.98. The maximum absolute atomic E-state index is 12.4. The lowest BCUT2D eigenvalue weighted by atomic mass is 9.96. The van der Waals surface area contributed by atoms with E-state index in [-0.39, 0.29) is 17.9 Å². The molecule has 2 saturated heterocycles. The average Bonchev–Trinajstić information content (AvgIpc) is 3.10. The third-order valence-corrected chi connectivity index (χ3v) is 4.91. The monoisotopic (exact) mass is 301 g/mol. The molecule has 3 rings (SSSR count). The number of carbonyl (C=O) groups is 1. The summed E-state index contributed by atoms with van der Waals surface area (Å²) in [6, 6.07) is 8.71. The highest BCUT2D eigenvalue weighted by Gasteiger charge is 2.22. The van der Waals surface area contributed by atoms with Crippen molar-refractivity contribution in [2.45, 2.75) is 38.6 Å². The first-order valence-electron chi connectivity index (χ1n) is 8.60. The normalized spacial score (nSPS) is 20.9. The Morgan fingerprint density at radius 3 is 2.73 bits per heavy atom. The summed E-state index contributed by atoms with van der Waals surface area (Å²) in [6.45, 7) is 6.30. The molecule has 2 heterocycles. The summed E-state index contributed by atoms with van der Waals surface area (Å²) < 4.78 is 0. The van der Waals surface area contributed by atoms with E-state index >= 15 is 0 Å². The van der Waals surface area contributed by atoms with Gasteiger partial charge in [0.05, 0.1) is 6.04 Å². The highest BCUT2D eigenvalue weighted by molar-refractivity contribution is 5.79. The molecule has 4 heteroatoms. The Balaban J connectivity index is 1.62. The SMILES string of the molecule is CC(NC(=O)C1CCNCC1)c1cccc(N2CCCC2)c1. The molecule has 4 nitrogen and oxygen atoms in total. The van der Waals surface area contributed by atoms with Gasteiger partial charge in [0.15, 0.2) is 0 Å². The third kappa shape index (κ3) is 3.61. The zero-order chi connectivity index (χ0) is 15.4. The van der Waals surface area contributed by atoms with Gasteiger partial charge in [-0.3, -0.25) is 4.79 Å². The largest absolute Gasteiger partial charge is 0.372 e. The molecule has 2 fully saturated rings. The van der Waals surface area contributed by atoms with Gasteiger partial charge in [-0.15, -0.1) is 0 Å². The molecule has 1 aromatic carbocycles. The average molecular weight is 301 g/mol. The first-order valence-corrected chi connectivity index (χ1v) is 8.60. The molecule has 2 aliphatic rings. The van der Waals surface area contributed by atoms with Crippen molar-refractivity contribution >= 4 is 11.6 Å². The van der Waals surface area contributed by atoms with Crippen LogP contribution in [0.2, 0.25) is 0 Å². The highest BCUT2D eigenvalue weighted by atomic mass is 16.1. The molecule has 0 aliphatic carbocycles. The van der Waals surface area contributed by atoms with Crippen molar-refractivity contribution in [3.05, 3.63) is 29.8 Å². The van der Waals surface area contributed by atoms with Gasteiger partial charge in [-0.25, -0.2) is 0 Å². The number of anilines is 1. The second-order valence-corrected chi connectivity index (χ2v) is 6.54. The molecular weight excluding hydrogens is 274 g/mol. The zero-order valence-electron chi connectivity index (χ0n) is 13.5. The van der Waals surface area contributed by atoms with Gasteiger partial charge in [0, 0.05) is 24.7 Å². The Hall–Kier alpha value is -1.55. The fraction of sp³-hybridized carbons (Fsp3) is 0.611. The summed E-state index contributed by atoms with van der Waals surface area (Å²) >= 11 is 0. The lowest BCUT2D eigenvalue weighted by Crippen LogP contribution is -2.39. The molecule has 0 bridgehead atoms. The van der Waals surface area contributed by atoms with Crippen molar-refractivity contribution in [3.63, 3.8) is 0 Å². The summed E-state index contributed by atoms with van der Waals surface area (Å²) in [6.07, 6.45) is 4.47. The van der Waals surface area contributed by atoms with Crippen molar-refractivity contribution in [2.24, 2.45) is 5.92 Å². The van der Waals surface area contributed by atoms with Crippen molar-refractivity contribution in [3.8, 4) is 0 Å². The van der Waals surface area contributed by atoms with Crippen molar-refractivity contribution in [1.29, 1.82) is 0 Å². The summed E-state index contributed by atoms with van der Waals surface area (Å²) in [5, 5.41) is 6.51. The van der Waals surface area contributed by atoms with Crippen LogP contribution in [0, 0.1) is 5.92 Å². The molecule has 2 aliphatic heterocycles. The van der Waals surface area contributed by atoms with E-state index in [4.69, 9.17) is 0 Å². The molecule has 0 spiro atoms. The Bertz CT molecular complexity index is 505. The van der Waals surface area contributed by atoms with Crippen LogP contribution in [0.4, 0.5) is 5.69 Å². The van der Waals surface area contributed by atoms with Gasteiger partial charge in [0.1, 0.15) is 0 Å². The number of piperidine rings is 1. The Morgan fingerprint density at radius 2 is 2.00 bits per heavy atom. The third-order valence-electron chi connectivity index (χ3n) is 4.91. The van der Waals surface area contributed by atoms with Crippen LogP contribution < -0.4 is 15.5 Å². The zero-order valence-corrected chi connectivity index (χ0v) is 13.5. The number of rotatable bonds is 4. The van der Waals surface area contributed by atoms with E-state index in [9.17, 15) is 4.79 Å².